The molecule has 2 aliphatic heterocycles. The molecule has 1 aromatic carbocycles. The molecule has 0 unspecified atom stereocenters. The molecule has 0 bridgehead atoms. The standard InChI is InChI=1S/C34H37N11O5/c1-22(2)50-34(48)44-18-12-41(13-19-44)24-9-7-23(8-10-24)29-30-28(26(49-3)21-37-29)25(20-36-30)31(46)32(47)42-14-16-43(17-15-42)33-38-39-40-45(33)27-6-4-5-11-35-27/h4-11,20-22,36H,12-19H2,1-3H3. The fraction of sp³-hybridized carbons (Fsp3) is 0.353. The van der Waals surface area contributed by atoms with E-state index in [2.05, 4.69) is 35.4 Å². The zero-order valence-electron chi connectivity index (χ0n) is 28.0. The van der Waals surface area contributed by atoms with Gasteiger partial charge in [-0.25, -0.2) is 9.78 Å². The van der Waals surface area contributed by atoms with Gasteiger partial charge in [-0.05, 0) is 48.5 Å². The Morgan fingerprint density at radius 1 is 0.860 bits per heavy atom. The zero-order chi connectivity index (χ0) is 34.8. The molecule has 7 rings (SSSR count). The quantitative estimate of drug-likeness (QED) is 0.188. The van der Waals surface area contributed by atoms with Crippen molar-refractivity contribution in [3.63, 3.8) is 0 Å². The molecule has 0 aliphatic carbocycles. The number of piperazine rings is 2. The highest BCUT2D eigenvalue weighted by Crippen LogP contribution is 2.35. The number of carbonyl (C=O) groups is 3. The minimum atomic E-state index is -0.634. The molecule has 2 amide bonds. The Morgan fingerprint density at radius 2 is 1.58 bits per heavy atom. The predicted octanol–water partition coefficient (Wildman–Crippen LogP) is 2.81. The first-order chi connectivity index (χ1) is 24.3. The summed E-state index contributed by atoms with van der Waals surface area (Å²) < 4.78 is 12.5. The Morgan fingerprint density at radius 3 is 2.26 bits per heavy atom. The number of Topliss-reactive ketones (excluding diaryl/α,β-unsaturated/α-hetero) is 1. The number of nitrogens with one attached hydrogen (secondary N) is 1. The summed E-state index contributed by atoms with van der Waals surface area (Å²) >= 11 is 0. The van der Waals surface area contributed by atoms with Gasteiger partial charge in [0.05, 0.1) is 41.6 Å². The number of hydrogen-bond donors (Lipinski definition) is 1. The summed E-state index contributed by atoms with van der Waals surface area (Å²) in [7, 11) is 1.51. The average Bonchev–Trinajstić information content (AvgIpc) is 3.83. The normalized spacial score (nSPS) is 15.1. The molecule has 4 aromatic heterocycles. The van der Waals surface area contributed by atoms with Crippen LogP contribution >= 0.6 is 0 Å². The second-order valence-electron chi connectivity index (χ2n) is 12.3. The van der Waals surface area contributed by atoms with Crippen LogP contribution in [0.25, 0.3) is 28.0 Å². The van der Waals surface area contributed by atoms with Crippen LogP contribution in [0.15, 0.2) is 61.1 Å². The first kappa shape index (κ1) is 32.5. The number of H-pyrrole nitrogens is 1. The van der Waals surface area contributed by atoms with E-state index in [1.165, 1.54) is 7.11 Å². The lowest BCUT2D eigenvalue weighted by Gasteiger charge is -2.35. The third-order valence-electron chi connectivity index (χ3n) is 8.88. The number of hydrogen-bond acceptors (Lipinski definition) is 12. The number of ether oxygens (including phenoxy) is 2. The van der Waals surface area contributed by atoms with Crippen LogP contribution in [0.4, 0.5) is 16.4 Å². The lowest BCUT2D eigenvalue weighted by molar-refractivity contribution is -0.126. The highest BCUT2D eigenvalue weighted by Gasteiger charge is 2.32. The van der Waals surface area contributed by atoms with Crippen molar-refractivity contribution < 1.29 is 23.9 Å². The van der Waals surface area contributed by atoms with E-state index in [-0.39, 0.29) is 17.8 Å². The fourth-order valence-corrected chi connectivity index (χ4v) is 6.30. The van der Waals surface area contributed by atoms with Gasteiger partial charge >= 0.3 is 6.09 Å². The van der Waals surface area contributed by atoms with E-state index in [0.717, 1.165) is 11.3 Å². The van der Waals surface area contributed by atoms with Gasteiger partial charge in [-0.1, -0.05) is 23.3 Å². The van der Waals surface area contributed by atoms with Gasteiger partial charge in [0.2, 0.25) is 0 Å². The number of amides is 2. The third-order valence-corrected chi connectivity index (χ3v) is 8.88. The Balaban J connectivity index is 1.04. The number of aromatic amines is 1. The Labute approximate surface area is 287 Å². The summed E-state index contributed by atoms with van der Waals surface area (Å²) in [6, 6.07) is 13.5. The number of benzene rings is 1. The molecule has 258 valence electrons. The van der Waals surface area contributed by atoms with Gasteiger partial charge in [-0.2, -0.15) is 4.68 Å². The molecule has 1 N–H and O–H groups in total. The largest absolute Gasteiger partial charge is 0.494 e. The minimum absolute atomic E-state index is 0.153. The van der Waals surface area contributed by atoms with Crippen LogP contribution in [0.1, 0.15) is 24.2 Å². The second kappa shape index (κ2) is 13.8. The van der Waals surface area contributed by atoms with Gasteiger partial charge in [0.15, 0.2) is 5.82 Å². The zero-order valence-corrected chi connectivity index (χ0v) is 28.0. The number of ketones is 1. The molecule has 0 saturated carbocycles. The number of methoxy groups -OCH3 is 1. The maximum atomic E-state index is 13.7. The summed E-state index contributed by atoms with van der Waals surface area (Å²) in [6.07, 6.45) is 4.35. The summed E-state index contributed by atoms with van der Waals surface area (Å²) in [5, 5.41) is 12.5. The number of aromatic nitrogens is 7. The first-order valence-electron chi connectivity index (χ1n) is 16.5. The van der Waals surface area contributed by atoms with E-state index in [1.807, 2.05) is 61.2 Å². The lowest BCUT2D eigenvalue weighted by atomic mass is 10.0. The SMILES string of the molecule is COc1cnc(-c2ccc(N3CCN(C(=O)OC(C)C)CC3)cc2)c2[nH]cc(C(=O)C(=O)N3CCN(c4nnnn4-c4ccccn4)CC3)c12. The van der Waals surface area contributed by atoms with Crippen molar-refractivity contribution in [2.24, 2.45) is 0 Å². The van der Waals surface area contributed by atoms with Crippen molar-refractivity contribution in [1.82, 2.24) is 45.0 Å². The van der Waals surface area contributed by atoms with Crippen LogP contribution in [0, 0.1) is 0 Å². The third kappa shape index (κ3) is 6.26. The smallest absolute Gasteiger partial charge is 0.410 e. The summed E-state index contributed by atoms with van der Waals surface area (Å²) in [5.74, 6) is 0.253. The molecule has 0 radical (unpaired) electrons. The number of rotatable bonds is 8. The Hall–Kier alpha value is -6.06. The molecule has 2 saturated heterocycles. The molecule has 6 heterocycles. The van der Waals surface area contributed by atoms with Gasteiger partial charge < -0.3 is 34.1 Å². The van der Waals surface area contributed by atoms with Crippen molar-refractivity contribution in [2.45, 2.75) is 20.0 Å². The number of tetrazole rings is 1. The van der Waals surface area contributed by atoms with E-state index in [0.29, 0.717) is 86.5 Å². The van der Waals surface area contributed by atoms with Crippen LogP contribution in [0.2, 0.25) is 0 Å². The van der Waals surface area contributed by atoms with Gasteiger partial charge in [0.1, 0.15) is 5.75 Å². The van der Waals surface area contributed by atoms with Gasteiger partial charge in [0.25, 0.3) is 17.6 Å². The van der Waals surface area contributed by atoms with Crippen LogP contribution in [-0.4, -0.2) is 128 Å². The van der Waals surface area contributed by atoms with E-state index < -0.39 is 11.7 Å². The number of fused-ring (bicyclic) bond motifs is 1. The molecule has 0 spiro atoms. The number of carbonyl (C=O) groups excluding carboxylic acids is 3. The van der Waals surface area contributed by atoms with Crippen molar-refractivity contribution in [3.05, 3.63) is 66.6 Å². The number of nitrogens with zero attached hydrogens (tertiary/aromatic N) is 10. The van der Waals surface area contributed by atoms with Crippen molar-refractivity contribution in [1.29, 1.82) is 0 Å². The van der Waals surface area contributed by atoms with Gasteiger partial charge in [0, 0.05) is 76.0 Å². The van der Waals surface area contributed by atoms with Crippen LogP contribution < -0.4 is 14.5 Å². The highest BCUT2D eigenvalue weighted by molar-refractivity contribution is 6.45. The maximum Gasteiger partial charge on any atom is 0.410 e. The molecule has 16 nitrogen and oxygen atoms in total. The van der Waals surface area contributed by atoms with Crippen molar-refractivity contribution in [3.8, 4) is 22.8 Å². The molecule has 2 aliphatic rings. The molecule has 16 heteroatoms. The van der Waals surface area contributed by atoms with Gasteiger partial charge in [-0.15, -0.1) is 0 Å². The van der Waals surface area contributed by atoms with Crippen molar-refractivity contribution in [2.75, 3.05) is 69.3 Å². The maximum absolute atomic E-state index is 13.7. The molecular formula is C34H37N11O5. The molecular weight excluding hydrogens is 642 g/mol. The fourth-order valence-electron chi connectivity index (χ4n) is 6.30. The summed E-state index contributed by atoms with van der Waals surface area (Å²) in [6.45, 7) is 7.72. The topological polar surface area (TPSA) is 168 Å². The predicted molar refractivity (Wildman–Crippen MR) is 184 cm³/mol. The molecule has 5 aromatic rings. The van der Waals surface area contributed by atoms with E-state index in [4.69, 9.17) is 9.47 Å². The van der Waals surface area contributed by atoms with E-state index in [1.54, 1.807) is 33.1 Å². The van der Waals surface area contributed by atoms with Crippen LogP contribution in [0.5, 0.6) is 5.75 Å². The average molecular weight is 680 g/mol. The number of pyridine rings is 2. The highest BCUT2D eigenvalue weighted by atomic mass is 16.6. The van der Waals surface area contributed by atoms with Crippen LogP contribution in [0.3, 0.4) is 0 Å². The summed E-state index contributed by atoms with van der Waals surface area (Å²) in [5.41, 5.74) is 3.29. The van der Waals surface area contributed by atoms with E-state index in [9.17, 15) is 14.4 Å². The summed E-state index contributed by atoms with van der Waals surface area (Å²) in [4.78, 5) is 59.2. The number of anilines is 2. The second-order valence-corrected chi connectivity index (χ2v) is 12.3. The molecule has 2 fully saturated rings. The molecule has 50 heavy (non-hydrogen) atoms. The van der Waals surface area contributed by atoms with Crippen molar-refractivity contribution >= 4 is 40.3 Å². The minimum Gasteiger partial charge on any atom is -0.494 e. The Kier molecular flexibility index (Phi) is 8.98. The lowest BCUT2D eigenvalue weighted by Crippen LogP contribution is -2.51. The monoisotopic (exact) mass is 679 g/mol. The molecule has 0 atom stereocenters. The van der Waals surface area contributed by atoms with E-state index >= 15 is 0 Å². The first-order valence-corrected chi connectivity index (χ1v) is 16.5. The van der Waals surface area contributed by atoms with Gasteiger partial charge in [-0.3, -0.25) is 14.6 Å². The van der Waals surface area contributed by atoms with Crippen LogP contribution in [-0.2, 0) is 9.53 Å². The Bertz CT molecular complexity index is 2000.